The Morgan fingerprint density at radius 3 is 2.50 bits per heavy atom. The third-order valence-corrected chi connectivity index (χ3v) is 5.45. The van der Waals surface area contributed by atoms with Gasteiger partial charge in [-0.2, -0.15) is 0 Å². The molecule has 1 aromatic carbocycles. The Hall–Kier alpha value is -3.27. The molecule has 2 aromatic heterocycles. The van der Waals surface area contributed by atoms with E-state index in [1.54, 1.807) is 18.3 Å². The highest BCUT2D eigenvalue weighted by atomic mass is 32.2. The first-order valence-corrected chi connectivity index (χ1v) is 10.5. The molecule has 2 heterocycles. The summed E-state index contributed by atoms with van der Waals surface area (Å²) >= 11 is 0. The molecular weight excluding hydrogens is 416 g/mol. The third kappa shape index (κ3) is 5.63. The first kappa shape index (κ1) is 21.4. The van der Waals surface area contributed by atoms with Gasteiger partial charge in [0.2, 0.25) is 9.84 Å². The second kappa shape index (κ2) is 9.49. The van der Waals surface area contributed by atoms with Crippen molar-refractivity contribution in [3.8, 4) is 5.75 Å². The lowest BCUT2D eigenvalue weighted by molar-refractivity contribution is 0.0979. The lowest BCUT2D eigenvalue weighted by atomic mass is 10.1. The number of aryl methyl sites for hydroxylation is 1. The van der Waals surface area contributed by atoms with E-state index in [1.807, 2.05) is 0 Å². The van der Waals surface area contributed by atoms with Gasteiger partial charge in [-0.3, -0.25) is 9.78 Å². The van der Waals surface area contributed by atoms with Gasteiger partial charge in [-0.25, -0.2) is 27.2 Å². The number of ether oxygens (including phenoxy) is 1. The first-order chi connectivity index (χ1) is 14.3. The number of hydrogen-bond acceptors (Lipinski definition) is 7. The number of nitrogens with zero attached hydrogens (tertiary/aromatic N) is 3. The van der Waals surface area contributed by atoms with Crippen molar-refractivity contribution < 1.29 is 26.7 Å². The van der Waals surface area contributed by atoms with Crippen molar-refractivity contribution in [3.63, 3.8) is 0 Å². The molecule has 0 amide bonds. The summed E-state index contributed by atoms with van der Waals surface area (Å²) < 4.78 is 56.0. The van der Waals surface area contributed by atoms with Gasteiger partial charge < -0.3 is 4.74 Å². The molecule has 0 unspecified atom stereocenters. The van der Waals surface area contributed by atoms with Gasteiger partial charge in [0, 0.05) is 49.3 Å². The van der Waals surface area contributed by atoms with Crippen molar-refractivity contribution in [2.45, 2.75) is 24.2 Å². The van der Waals surface area contributed by atoms with Crippen LogP contribution in [-0.2, 0) is 16.3 Å². The summed E-state index contributed by atoms with van der Waals surface area (Å²) in [5.41, 5.74) is 0.525. The highest BCUT2D eigenvalue weighted by Crippen LogP contribution is 2.19. The Morgan fingerprint density at radius 2 is 1.83 bits per heavy atom. The van der Waals surface area contributed by atoms with Gasteiger partial charge in [0.1, 0.15) is 16.5 Å². The number of halogens is 2. The van der Waals surface area contributed by atoms with Crippen LogP contribution in [0.15, 0.2) is 60.0 Å². The highest BCUT2D eigenvalue weighted by molar-refractivity contribution is 7.91. The standard InChI is InChI=1S/C20H17F2N3O4S/c21-15-6-7-19(17(22)9-15)29-13-30(27,28)16-11-24-20(25-12-16)5-1-4-18(26)14-3-2-8-23-10-14/h2-3,6-12H,1,4-5,13H2. The molecule has 0 N–H and O–H groups in total. The molecule has 0 aliphatic heterocycles. The molecule has 0 atom stereocenters. The molecule has 156 valence electrons. The van der Waals surface area contributed by atoms with E-state index < -0.39 is 27.4 Å². The molecule has 0 spiro atoms. The number of hydrogen-bond donors (Lipinski definition) is 0. The Balaban J connectivity index is 1.54. The molecular formula is C20H17F2N3O4S. The summed E-state index contributed by atoms with van der Waals surface area (Å²) in [6.45, 7) is 0. The van der Waals surface area contributed by atoms with Crippen LogP contribution in [0.25, 0.3) is 0 Å². The van der Waals surface area contributed by atoms with Crippen LogP contribution in [-0.4, -0.2) is 35.1 Å². The van der Waals surface area contributed by atoms with Crippen molar-refractivity contribution in [1.82, 2.24) is 15.0 Å². The van der Waals surface area contributed by atoms with E-state index in [0.717, 1.165) is 24.5 Å². The van der Waals surface area contributed by atoms with Crippen LogP contribution >= 0.6 is 0 Å². The maximum absolute atomic E-state index is 13.6. The minimum absolute atomic E-state index is 0.0486. The molecule has 10 heteroatoms. The van der Waals surface area contributed by atoms with Crippen LogP contribution in [0.1, 0.15) is 29.0 Å². The van der Waals surface area contributed by atoms with E-state index in [-0.39, 0.29) is 22.8 Å². The molecule has 0 saturated heterocycles. The predicted octanol–water partition coefficient (Wildman–Crippen LogP) is 3.17. The van der Waals surface area contributed by atoms with Gasteiger partial charge in [-0.05, 0) is 30.7 Å². The molecule has 0 fully saturated rings. The van der Waals surface area contributed by atoms with Crippen LogP contribution < -0.4 is 4.74 Å². The van der Waals surface area contributed by atoms with Crippen molar-refractivity contribution in [1.29, 1.82) is 0 Å². The maximum Gasteiger partial charge on any atom is 0.216 e. The van der Waals surface area contributed by atoms with Gasteiger partial charge in [0.15, 0.2) is 23.3 Å². The van der Waals surface area contributed by atoms with E-state index in [9.17, 15) is 22.0 Å². The lowest BCUT2D eigenvalue weighted by Gasteiger charge is -2.08. The summed E-state index contributed by atoms with van der Waals surface area (Å²) in [4.78, 5) is 23.7. The van der Waals surface area contributed by atoms with Crippen molar-refractivity contribution in [2.24, 2.45) is 0 Å². The minimum atomic E-state index is -3.94. The van der Waals surface area contributed by atoms with Crippen LogP contribution in [0.2, 0.25) is 0 Å². The average molecular weight is 433 g/mol. The van der Waals surface area contributed by atoms with E-state index in [1.165, 1.54) is 6.20 Å². The van der Waals surface area contributed by atoms with E-state index >= 15 is 0 Å². The van der Waals surface area contributed by atoms with Gasteiger partial charge >= 0.3 is 0 Å². The molecule has 0 saturated carbocycles. The smallest absolute Gasteiger partial charge is 0.216 e. The number of sulfone groups is 1. The number of carbonyl (C=O) groups excluding carboxylic acids is 1. The summed E-state index contributed by atoms with van der Waals surface area (Å²) in [5.74, 6) is -2.69. The minimum Gasteiger partial charge on any atom is -0.474 e. The van der Waals surface area contributed by atoms with Crippen LogP contribution in [0.5, 0.6) is 5.75 Å². The van der Waals surface area contributed by atoms with Gasteiger partial charge in [0.05, 0.1) is 0 Å². The van der Waals surface area contributed by atoms with Gasteiger partial charge in [-0.15, -0.1) is 0 Å². The zero-order chi connectivity index (χ0) is 21.6. The Labute approximate surface area is 171 Å². The van der Waals surface area contributed by atoms with Crippen LogP contribution in [0.4, 0.5) is 8.78 Å². The SMILES string of the molecule is O=C(CCCc1ncc(S(=O)(=O)COc2ccc(F)cc2F)cn1)c1cccnc1. The Morgan fingerprint density at radius 1 is 1.07 bits per heavy atom. The Bertz CT molecular complexity index is 1120. The summed E-state index contributed by atoms with van der Waals surface area (Å²) in [7, 11) is -3.94. The molecule has 3 aromatic rings. The highest BCUT2D eigenvalue weighted by Gasteiger charge is 2.18. The fourth-order valence-electron chi connectivity index (χ4n) is 2.51. The zero-order valence-corrected chi connectivity index (χ0v) is 16.5. The molecule has 0 radical (unpaired) electrons. The maximum atomic E-state index is 13.6. The van der Waals surface area contributed by atoms with E-state index in [0.29, 0.717) is 30.3 Å². The number of ketones is 1. The number of rotatable bonds is 9. The number of carbonyl (C=O) groups is 1. The topological polar surface area (TPSA) is 99.1 Å². The molecule has 0 aliphatic rings. The van der Waals surface area contributed by atoms with Crippen molar-refractivity contribution >= 4 is 15.6 Å². The molecule has 30 heavy (non-hydrogen) atoms. The summed E-state index contributed by atoms with van der Waals surface area (Å²) in [6.07, 6.45) is 6.51. The van der Waals surface area contributed by atoms with Crippen molar-refractivity contribution in [2.75, 3.05) is 5.94 Å². The van der Waals surface area contributed by atoms with Crippen LogP contribution in [0, 0.1) is 11.6 Å². The van der Waals surface area contributed by atoms with Gasteiger partial charge in [0.25, 0.3) is 0 Å². The largest absolute Gasteiger partial charge is 0.474 e. The van der Waals surface area contributed by atoms with Gasteiger partial charge in [-0.1, -0.05) is 0 Å². The molecule has 0 bridgehead atoms. The number of aromatic nitrogens is 3. The lowest BCUT2D eigenvalue weighted by Crippen LogP contribution is -2.14. The second-order valence-electron chi connectivity index (χ2n) is 6.31. The molecule has 0 aliphatic carbocycles. The Kier molecular flexibility index (Phi) is 6.78. The monoisotopic (exact) mass is 433 g/mol. The summed E-state index contributed by atoms with van der Waals surface area (Å²) in [6, 6.07) is 5.93. The first-order valence-electron chi connectivity index (χ1n) is 8.90. The quantitative estimate of drug-likeness (QED) is 0.478. The molecule has 3 rings (SSSR count). The normalized spacial score (nSPS) is 11.3. The molecule has 7 nitrogen and oxygen atoms in total. The second-order valence-corrected chi connectivity index (χ2v) is 8.24. The number of pyridine rings is 1. The number of benzene rings is 1. The summed E-state index contributed by atoms with van der Waals surface area (Å²) in [5, 5.41) is 0. The number of Topliss-reactive ketones (excluding diaryl/α,β-unsaturated/α-hetero) is 1. The average Bonchev–Trinajstić information content (AvgIpc) is 2.74. The van der Waals surface area contributed by atoms with Crippen LogP contribution in [0.3, 0.4) is 0 Å². The van der Waals surface area contributed by atoms with Crippen molar-refractivity contribution in [3.05, 3.63) is 78.1 Å². The fraction of sp³-hybridized carbons (Fsp3) is 0.200. The third-order valence-electron chi connectivity index (χ3n) is 4.09. The van der Waals surface area contributed by atoms with E-state index in [2.05, 4.69) is 15.0 Å². The fourth-order valence-corrected chi connectivity index (χ4v) is 3.36. The zero-order valence-electron chi connectivity index (χ0n) is 15.7. The van der Waals surface area contributed by atoms with E-state index in [4.69, 9.17) is 4.74 Å². The predicted molar refractivity (Wildman–Crippen MR) is 103 cm³/mol.